The van der Waals surface area contributed by atoms with Crippen molar-refractivity contribution in [3.05, 3.63) is 71.9 Å². The summed E-state index contributed by atoms with van der Waals surface area (Å²) in [5, 5.41) is 8.04. The quantitative estimate of drug-likeness (QED) is 0.161. The Hall–Kier alpha value is -3.62. The molecule has 0 bridgehead atoms. The average Bonchev–Trinajstić information content (AvgIpc) is 2.92. The number of anilines is 1. The number of carbonyl (C=O) groups excluding carboxylic acids is 2. The van der Waals surface area contributed by atoms with Crippen LogP contribution in [0.15, 0.2) is 60.8 Å². The Morgan fingerprint density at radius 2 is 1.65 bits per heavy atom. The number of aromatic nitrogens is 1. The molecule has 0 spiro atoms. The number of para-hydroxylation sites is 1. The van der Waals surface area contributed by atoms with Crippen LogP contribution in [0.5, 0.6) is 0 Å². The zero-order valence-electron chi connectivity index (χ0n) is 22.0. The summed E-state index contributed by atoms with van der Waals surface area (Å²) < 4.78 is 39.0. The zero-order valence-corrected chi connectivity index (χ0v) is 22.0. The fourth-order valence-electron chi connectivity index (χ4n) is 4.01. The standard InChI is InChI=1S/C27H35F3N8O2/c28-27(29,30)20-7-5-18(6-8-20)15-24(26(40)36-21-16-19-3-1-2-4-23(19)34-17-21)37-25(39)22(33)9-12-35-38(13-10-31)14-11-32/h1-8,16-17,22,24,35H,9-15,31-33H2,(H,36,40)(H,37,39). The molecule has 0 aliphatic heterocycles. The number of amides is 2. The van der Waals surface area contributed by atoms with Crippen LogP contribution in [-0.4, -0.2) is 66.6 Å². The normalized spacial score (nSPS) is 13.3. The van der Waals surface area contributed by atoms with Crippen molar-refractivity contribution in [2.24, 2.45) is 17.2 Å². The Morgan fingerprint density at radius 3 is 2.30 bits per heavy atom. The number of hydrogen-bond acceptors (Lipinski definition) is 8. The Morgan fingerprint density at radius 1 is 0.975 bits per heavy atom. The first-order chi connectivity index (χ1) is 19.1. The molecule has 13 heteroatoms. The number of fused-ring (bicyclic) bond motifs is 1. The van der Waals surface area contributed by atoms with Crippen molar-refractivity contribution in [1.29, 1.82) is 0 Å². The van der Waals surface area contributed by atoms with Gasteiger partial charge in [0.2, 0.25) is 11.8 Å². The van der Waals surface area contributed by atoms with Crippen molar-refractivity contribution in [2.45, 2.75) is 31.1 Å². The van der Waals surface area contributed by atoms with Crippen LogP contribution in [0.1, 0.15) is 17.5 Å². The van der Waals surface area contributed by atoms with Crippen LogP contribution in [0.25, 0.3) is 10.9 Å². The Bertz CT molecular complexity index is 1250. The fraction of sp³-hybridized carbons (Fsp3) is 0.370. The maximum atomic E-state index is 13.3. The Labute approximate surface area is 230 Å². The number of benzene rings is 2. The minimum absolute atomic E-state index is 0.0531. The van der Waals surface area contributed by atoms with Crippen LogP contribution in [0, 0.1) is 0 Å². The van der Waals surface area contributed by atoms with Gasteiger partial charge in [-0.05, 0) is 36.2 Å². The van der Waals surface area contributed by atoms with Crippen molar-refractivity contribution < 1.29 is 22.8 Å². The van der Waals surface area contributed by atoms with E-state index in [9.17, 15) is 22.8 Å². The third kappa shape index (κ3) is 9.24. The molecule has 2 amide bonds. The lowest BCUT2D eigenvalue weighted by atomic mass is 10.0. The van der Waals surface area contributed by atoms with Gasteiger partial charge in [-0.3, -0.25) is 20.0 Å². The number of hydrazine groups is 1. The Kier molecular flexibility index (Phi) is 11.3. The molecule has 40 heavy (non-hydrogen) atoms. The molecule has 0 saturated carbocycles. The second kappa shape index (κ2) is 14.7. The summed E-state index contributed by atoms with van der Waals surface area (Å²) in [5.41, 5.74) is 21.2. The number of rotatable bonds is 14. The second-order valence-corrected chi connectivity index (χ2v) is 9.23. The smallest absolute Gasteiger partial charge is 0.343 e. The minimum atomic E-state index is -4.49. The summed E-state index contributed by atoms with van der Waals surface area (Å²) in [7, 11) is 0. The lowest BCUT2D eigenvalue weighted by molar-refractivity contribution is -0.137. The summed E-state index contributed by atoms with van der Waals surface area (Å²) in [6, 6.07) is 11.5. The van der Waals surface area contributed by atoms with Gasteiger partial charge in [-0.1, -0.05) is 30.3 Å². The molecule has 2 atom stereocenters. The van der Waals surface area contributed by atoms with E-state index < -0.39 is 35.6 Å². The molecule has 10 nitrogen and oxygen atoms in total. The van der Waals surface area contributed by atoms with E-state index in [1.165, 1.54) is 18.3 Å². The van der Waals surface area contributed by atoms with E-state index in [0.29, 0.717) is 44.0 Å². The van der Waals surface area contributed by atoms with E-state index in [-0.39, 0.29) is 12.8 Å². The molecule has 3 aromatic rings. The lowest BCUT2D eigenvalue weighted by Gasteiger charge is -2.24. The predicted octanol–water partition coefficient (Wildman–Crippen LogP) is 1.36. The van der Waals surface area contributed by atoms with Crippen LogP contribution >= 0.6 is 0 Å². The number of hydrogen-bond donors (Lipinski definition) is 6. The molecule has 0 saturated heterocycles. The molecular weight excluding hydrogens is 525 g/mol. The molecule has 0 aliphatic rings. The molecular formula is C27H35F3N8O2. The van der Waals surface area contributed by atoms with Crippen molar-refractivity contribution in [1.82, 2.24) is 20.7 Å². The number of carbonyl (C=O) groups is 2. The van der Waals surface area contributed by atoms with Gasteiger partial charge in [0, 0.05) is 44.5 Å². The zero-order chi connectivity index (χ0) is 29.1. The molecule has 1 heterocycles. The highest BCUT2D eigenvalue weighted by molar-refractivity contribution is 5.99. The number of alkyl halides is 3. The maximum absolute atomic E-state index is 13.3. The highest BCUT2D eigenvalue weighted by Gasteiger charge is 2.30. The van der Waals surface area contributed by atoms with E-state index in [0.717, 1.165) is 23.0 Å². The van der Waals surface area contributed by atoms with Crippen molar-refractivity contribution in [3.8, 4) is 0 Å². The molecule has 0 aliphatic carbocycles. The molecule has 216 valence electrons. The summed E-state index contributed by atoms with van der Waals surface area (Å²) in [4.78, 5) is 30.5. The summed E-state index contributed by atoms with van der Waals surface area (Å²) >= 11 is 0. The van der Waals surface area contributed by atoms with E-state index in [1.807, 2.05) is 29.3 Å². The predicted molar refractivity (Wildman–Crippen MR) is 148 cm³/mol. The number of nitrogens with one attached hydrogen (secondary N) is 3. The third-order valence-electron chi connectivity index (χ3n) is 6.14. The fourth-order valence-corrected chi connectivity index (χ4v) is 4.01. The molecule has 1 aromatic heterocycles. The van der Waals surface area contributed by atoms with Gasteiger partial charge in [-0.2, -0.15) is 13.2 Å². The van der Waals surface area contributed by atoms with Crippen molar-refractivity contribution in [3.63, 3.8) is 0 Å². The number of nitrogens with zero attached hydrogens (tertiary/aromatic N) is 2. The first kappa shape index (κ1) is 30.9. The lowest BCUT2D eigenvalue weighted by Crippen LogP contribution is -2.52. The van der Waals surface area contributed by atoms with Gasteiger partial charge in [-0.15, -0.1) is 0 Å². The van der Waals surface area contributed by atoms with Crippen LogP contribution in [-0.2, 0) is 22.2 Å². The minimum Gasteiger partial charge on any atom is -0.343 e. The van der Waals surface area contributed by atoms with Crippen LogP contribution < -0.4 is 33.3 Å². The van der Waals surface area contributed by atoms with Gasteiger partial charge in [0.05, 0.1) is 29.0 Å². The van der Waals surface area contributed by atoms with Crippen LogP contribution in [0.4, 0.5) is 18.9 Å². The van der Waals surface area contributed by atoms with Gasteiger partial charge in [0.25, 0.3) is 0 Å². The van der Waals surface area contributed by atoms with Gasteiger partial charge < -0.3 is 27.8 Å². The second-order valence-electron chi connectivity index (χ2n) is 9.23. The average molecular weight is 561 g/mol. The van der Waals surface area contributed by atoms with E-state index in [4.69, 9.17) is 17.2 Å². The number of pyridine rings is 1. The topological polar surface area (TPSA) is 164 Å². The number of halogens is 3. The molecule has 0 radical (unpaired) electrons. The third-order valence-corrected chi connectivity index (χ3v) is 6.14. The summed E-state index contributed by atoms with van der Waals surface area (Å²) in [6.45, 7) is 2.35. The molecule has 2 unspecified atom stereocenters. The van der Waals surface area contributed by atoms with Gasteiger partial charge in [0.15, 0.2) is 0 Å². The molecule has 9 N–H and O–H groups in total. The van der Waals surface area contributed by atoms with E-state index in [2.05, 4.69) is 21.0 Å². The Balaban J connectivity index is 1.71. The largest absolute Gasteiger partial charge is 0.416 e. The molecule has 0 fully saturated rings. The van der Waals surface area contributed by atoms with Gasteiger partial charge in [0.1, 0.15) is 6.04 Å². The molecule has 2 aromatic carbocycles. The van der Waals surface area contributed by atoms with Gasteiger partial charge >= 0.3 is 6.18 Å². The highest BCUT2D eigenvalue weighted by atomic mass is 19.4. The first-order valence-corrected chi connectivity index (χ1v) is 12.9. The maximum Gasteiger partial charge on any atom is 0.416 e. The molecule has 3 rings (SSSR count). The van der Waals surface area contributed by atoms with Crippen molar-refractivity contribution in [2.75, 3.05) is 38.0 Å². The SMILES string of the molecule is NCCN(CCN)NCCC(N)C(=O)NC(Cc1ccc(C(F)(F)F)cc1)C(=O)Nc1cnc2ccccc2c1. The summed E-state index contributed by atoms with van der Waals surface area (Å²) in [5.74, 6) is -1.14. The highest BCUT2D eigenvalue weighted by Crippen LogP contribution is 2.29. The van der Waals surface area contributed by atoms with Crippen LogP contribution in [0.2, 0.25) is 0 Å². The first-order valence-electron chi connectivity index (χ1n) is 12.9. The number of nitrogens with two attached hydrogens (primary N) is 3. The van der Waals surface area contributed by atoms with E-state index >= 15 is 0 Å². The van der Waals surface area contributed by atoms with Gasteiger partial charge in [-0.25, -0.2) is 5.01 Å². The van der Waals surface area contributed by atoms with E-state index in [1.54, 1.807) is 6.07 Å². The van der Waals surface area contributed by atoms with Crippen molar-refractivity contribution >= 4 is 28.4 Å². The van der Waals surface area contributed by atoms with Crippen LogP contribution in [0.3, 0.4) is 0 Å². The monoisotopic (exact) mass is 560 g/mol. The summed E-state index contributed by atoms with van der Waals surface area (Å²) in [6.07, 6.45) is -2.80.